The first-order chi connectivity index (χ1) is 8.76. The van der Waals surface area contributed by atoms with Crippen molar-refractivity contribution < 1.29 is 9.47 Å². The lowest BCUT2D eigenvalue weighted by molar-refractivity contribution is 0.180. The zero-order chi connectivity index (χ0) is 13.0. The molecule has 2 unspecified atom stereocenters. The van der Waals surface area contributed by atoms with Crippen molar-refractivity contribution in [3.63, 3.8) is 0 Å². The van der Waals surface area contributed by atoms with Gasteiger partial charge in [-0.25, -0.2) is 0 Å². The number of rotatable bonds is 5. The molecule has 2 rings (SSSR count). The Morgan fingerprint density at radius 1 is 1.44 bits per heavy atom. The van der Waals surface area contributed by atoms with E-state index in [-0.39, 0.29) is 0 Å². The lowest BCUT2D eigenvalue weighted by Gasteiger charge is -2.33. The predicted octanol–water partition coefficient (Wildman–Crippen LogP) is 1.50. The number of anilines is 1. The molecule has 4 heteroatoms. The smallest absolute Gasteiger partial charge is 0.119 e. The van der Waals surface area contributed by atoms with Gasteiger partial charge >= 0.3 is 0 Å². The molecule has 18 heavy (non-hydrogen) atoms. The van der Waals surface area contributed by atoms with E-state index in [0.717, 1.165) is 31.1 Å². The lowest BCUT2D eigenvalue weighted by Crippen LogP contribution is -2.44. The van der Waals surface area contributed by atoms with Gasteiger partial charge in [-0.15, -0.1) is 0 Å². The van der Waals surface area contributed by atoms with Crippen LogP contribution in [-0.2, 0) is 4.74 Å². The van der Waals surface area contributed by atoms with Crippen LogP contribution in [0.1, 0.15) is 6.42 Å². The molecule has 4 nitrogen and oxygen atoms in total. The Morgan fingerprint density at radius 2 is 2.17 bits per heavy atom. The van der Waals surface area contributed by atoms with Crippen LogP contribution in [0.3, 0.4) is 0 Å². The standard InChI is InChI=1S/C14H22N2O2/c1-16(12-3-5-13(17-2)6-4-12)14(9-15)11-7-8-18-10-11/h3-6,11,14H,7-10,15H2,1-2H3. The Bertz CT molecular complexity index is 361. The van der Waals surface area contributed by atoms with Gasteiger partial charge in [0.2, 0.25) is 0 Å². The monoisotopic (exact) mass is 250 g/mol. The van der Waals surface area contributed by atoms with Crippen molar-refractivity contribution >= 4 is 5.69 Å². The van der Waals surface area contributed by atoms with Gasteiger partial charge in [0.05, 0.1) is 13.7 Å². The summed E-state index contributed by atoms with van der Waals surface area (Å²) < 4.78 is 10.6. The number of hydrogen-bond acceptors (Lipinski definition) is 4. The van der Waals surface area contributed by atoms with Gasteiger partial charge < -0.3 is 20.1 Å². The summed E-state index contributed by atoms with van der Waals surface area (Å²) in [4.78, 5) is 2.25. The van der Waals surface area contributed by atoms with E-state index in [0.29, 0.717) is 18.5 Å². The molecule has 0 aliphatic carbocycles. The number of likely N-dealkylation sites (N-methyl/N-ethyl adjacent to an activating group) is 1. The molecule has 1 aromatic carbocycles. The zero-order valence-electron chi connectivity index (χ0n) is 11.1. The fourth-order valence-electron chi connectivity index (χ4n) is 2.53. The zero-order valence-corrected chi connectivity index (χ0v) is 11.1. The molecule has 1 fully saturated rings. The van der Waals surface area contributed by atoms with E-state index in [4.69, 9.17) is 15.2 Å². The minimum Gasteiger partial charge on any atom is -0.497 e. The molecule has 0 amide bonds. The van der Waals surface area contributed by atoms with Crippen LogP contribution in [-0.4, -0.2) is 40.0 Å². The number of nitrogens with zero attached hydrogens (tertiary/aromatic N) is 1. The van der Waals surface area contributed by atoms with Crippen molar-refractivity contribution in [3.8, 4) is 5.75 Å². The van der Waals surface area contributed by atoms with Gasteiger partial charge in [-0.1, -0.05) is 0 Å². The first-order valence-electron chi connectivity index (χ1n) is 6.41. The van der Waals surface area contributed by atoms with Gasteiger partial charge in [0, 0.05) is 37.8 Å². The molecule has 1 saturated heterocycles. The van der Waals surface area contributed by atoms with Crippen molar-refractivity contribution in [2.45, 2.75) is 12.5 Å². The number of nitrogens with two attached hydrogens (primary N) is 1. The van der Waals surface area contributed by atoms with E-state index in [1.807, 2.05) is 12.1 Å². The molecule has 1 aliphatic heterocycles. The van der Waals surface area contributed by atoms with Crippen LogP contribution in [0.15, 0.2) is 24.3 Å². The van der Waals surface area contributed by atoms with E-state index in [2.05, 4.69) is 24.1 Å². The molecule has 1 aromatic rings. The van der Waals surface area contributed by atoms with Gasteiger partial charge in [0.25, 0.3) is 0 Å². The maximum Gasteiger partial charge on any atom is 0.119 e. The average Bonchev–Trinajstić information content (AvgIpc) is 2.93. The fourth-order valence-corrected chi connectivity index (χ4v) is 2.53. The van der Waals surface area contributed by atoms with Crippen molar-refractivity contribution in [1.82, 2.24) is 0 Å². The van der Waals surface area contributed by atoms with E-state index in [1.54, 1.807) is 7.11 Å². The Balaban J connectivity index is 2.09. The third kappa shape index (κ3) is 2.76. The second kappa shape index (κ2) is 6.07. The second-order valence-corrected chi connectivity index (χ2v) is 4.74. The summed E-state index contributed by atoms with van der Waals surface area (Å²) in [5, 5.41) is 0. The first kappa shape index (κ1) is 13.2. The van der Waals surface area contributed by atoms with Gasteiger partial charge in [-0.3, -0.25) is 0 Å². The fraction of sp³-hybridized carbons (Fsp3) is 0.571. The van der Waals surface area contributed by atoms with Crippen molar-refractivity contribution in [1.29, 1.82) is 0 Å². The Morgan fingerprint density at radius 3 is 2.67 bits per heavy atom. The van der Waals surface area contributed by atoms with Crippen molar-refractivity contribution in [3.05, 3.63) is 24.3 Å². The summed E-state index contributed by atoms with van der Waals surface area (Å²) in [7, 11) is 3.77. The van der Waals surface area contributed by atoms with E-state index >= 15 is 0 Å². The molecule has 0 radical (unpaired) electrons. The molecule has 0 spiro atoms. The number of hydrogen-bond donors (Lipinski definition) is 1. The maximum absolute atomic E-state index is 5.93. The predicted molar refractivity (Wildman–Crippen MR) is 73.2 cm³/mol. The van der Waals surface area contributed by atoms with Crippen LogP contribution in [0.5, 0.6) is 5.75 Å². The second-order valence-electron chi connectivity index (χ2n) is 4.74. The highest BCUT2D eigenvalue weighted by Crippen LogP contribution is 2.25. The minimum atomic E-state index is 0.334. The first-order valence-corrected chi connectivity index (χ1v) is 6.41. The molecule has 1 aliphatic rings. The molecular formula is C14H22N2O2. The molecule has 0 saturated carbocycles. The van der Waals surface area contributed by atoms with E-state index in [1.165, 1.54) is 0 Å². The third-order valence-corrected chi connectivity index (χ3v) is 3.73. The Labute approximate surface area is 109 Å². The minimum absolute atomic E-state index is 0.334. The Kier molecular flexibility index (Phi) is 4.44. The SMILES string of the molecule is COc1ccc(N(C)C(CN)C2CCOC2)cc1. The van der Waals surface area contributed by atoms with Crippen LogP contribution in [0, 0.1) is 5.92 Å². The third-order valence-electron chi connectivity index (χ3n) is 3.73. The lowest BCUT2D eigenvalue weighted by atomic mass is 9.97. The quantitative estimate of drug-likeness (QED) is 0.860. The van der Waals surface area contributed by atoms with E-state index in [9.17, 15) is 0 Å². The molecule has 100 valence electrons. The highest BCUT2D eigenvalue weighted by Gasteiger charge is 2.27. The molecule has 1 heterocycles. The van der Waals surface area contributed by atoms with Crippen LogP contribution in [0.4, 0.5) is 5.69 Å². The average molecular weight is 250 g/mol. The summed E-state index contributed by atoms with van der Waals surface area (Å²) in [6, 6.07) is 8.42. The summed E-state index contributed by atoms with van der Waals surface area (Å²) in [5.41, 5.74) is 7.09. The van der Waals surface area contributed by atoms with Crippen LogP contribution in [0.25, 0.3) is 0 Å². The summed E-state index contributed by atoms with van der Waals surface area (Å²) in [6.45, 7) is 2.33. The van der Waals surface area contributed by atoms with Gasteiger partial charge in [0.1, 0.15) is 5.75 Å². The number of benzene rings is 1. The summed E-state index contributed by atoms with van der Waals surface area (Å²) >= 11 is 0. The highest BCUT2D eigenvalue weighted by atomic mass is 16.5. The largest absolute Gasteiger partial charge is 0.497 e. The molecular weight excluding hydrogens is 228 g/mol. The van der Waals surface area contributed by atoms with Crippen molar-refractivity contribution in [2.24, 2.45) is 11.7 Å². The van der Waals surface area contributed by atoms with Gasteiger partial charge in [-0.2, -0.15) is 0 Å². The summed E-state index contributed by atoms with van der Waals surface area (Å²) in [6.07, 6.45) is 1.10. The van der Waals surface area contributed by atoms with Crippen LogP contribution < -0.4 is 15.4 Å². The van der Waals surface area contributed by atoms with Crippen molar-refractivity contribution in [2.75, 3.05) is 38.8 Å². The van der Waals surface area contributed by atoms with E-state index < -0.39 is 0 Å². The van der Waals surface area contributed by atoms with Gasteiger partial charge in [0.15, 0.2) is 0 Å². The molecule has 2 N–H and O–H groups in total. The number of ether oxygens (including phenoxy) is 2. The van der Waals surface area contributed by atoms with Crippen LogP contribution >= 0.6 is 0 Å². The molecule has 0 aromatic heterocycles. The molecule has 0 bridgehead atoms. The number of methoxy groups -OCH3 is 1. The highest BCUT2D eigenvalue weighted by molar-refractivity contribution is 5.49. The maximum atomic E-state index is 5.93. The van der Waals surface area contributed by atoms with Crippen LogP contribution in [0.2, 0.25) is 0 Å². The topological polar surface area (TPSA) is 47.7 Å². The Hall–Kier alpha value is -1.26. The molecule has 2 atom stereocenters. The van der Waals surface area contributed by atoms with Gasteiger partial charge in [-0.05, 0) is 30.7 Å². The normalized spacial score (nSPS) is 20.7. The summed E-state index contributed by atoms with van der Waals surface area (Å²) in [5.74, 6) is 1.41.